The normalized spacial score (nSPS) is 10.8. The summed E-state index contributed by atoms with van der Waals surface area (Å²) >= 11 is 0. The van der Waals surface area contributed by atoms with Gasteiger partial charge < -0.3 is 10.1 Å². The van der Waals surface area contributed by atoms with Crippen LogP contribution in [0.2, 0.25) is 0 Å². The highest BCUT2D eigenvalue weighted by Gasteiger charge is 2.13. The number of ether oxygens (including phenoxy) is 1. The summed E-state index contributed by atoms with van der Waals surface area (Å²) in [5.74, 6) is -0.120. The van der Waals surface area contributed by atoms with E-state index < -0.39 is 0 Å². The minimum Gasteiger partial charge on any atom is -0.461 e. The maximum absolute atomic E-state index is 11.4. The van der Waals surface area contributed by atoms with E-state index >= 15 is 0 Å². The van der Waals surface area contributed by atoms with Gasteiger partial charge in [-0.2, -0.15) is 0 Å². The van der Waals surface area contributed by atoms with E-state index in [0.29, 0.717) is 6.54 Å². The number of hydrogen-bond acceptors (Lipinski definition) is 3. The van der Waals surface area contributed by atoms with Gasteiger partial charge in [0, 0.05) is 0 Å². The van der Waals surface area contributed by atoms with Gasteiger partial charge >= 0.3 is 5.97 Å². The molecule has 0 radical (unpaired) electrons. The van der Waals surface area contributed by atoms with E-state index in [1.807, 2.05) is 0 Å². The Hall–Kier alpha value is -0.570. The standard InChI is InChI=1S/C14H29NO2/c1-4-6-8-10-13(11-9-7-5-2)17-14(16)12-15-3/h13,15H,4-12H2,1-3H3. The summed E-state index contributed by atoms with van der Waals surface area (Å²) in [5, 5.41) is 2.83. The van der Waals surface area contributed by atoms with Gasteiger partial charge in [-0.25, -0.2) is 0 Å². The number of carbonyl (C=O) groups excluding carboxylic acids is 1. The molecule has 0 spiro atoms. The van der Waals surface area contributed by atoms with Crippen molar-refractivity contribution >= 4 is 5.97 Å². The lowest BCUT2D eigenvalue weighted by Gasteiger charge is -2.17. The van der Waals surface area contributed by atoms with Crippen molar-refractivity contribution in [2.24, 2.45) is 0 Å². The summed E-state index contributed by atoms with van der Waals surface area (Å²) in [7, 11) is 1.77. The second-order valence-corrected chi connectivity index (χ2v) is 4.63. The van der Waals surface area contributed by atoms with Gasteiger partial charge in [0.15, 0.2) is 0 Å². The third-order valence-electron chi connectivity index (χ3n) is 2.88. The highest BCUT2D eigenvalue weighted by Crippen LogP contribution is 2.14. The molecule has 0 bridgehead atoms. The van der Waals surface area contributed by atoms with Gasteiger partial charge in [-0.3, -0.25) is 4.79 Å². The van der Waals surface area contributed by atoms with Crippen LogP contribution in [0.15, 0.2) is 0 Å². The predicted molar refractivity (Wildman–Crippen MR) is 72.1 cm³/mol. The maximum Gasteiger partial charge on any atom is 0.320 e. The number of carbonyl (C=O) groups is 1. The molecule has 0 aromatic carbocycles. The summed E-state index contributed by atoms with van der Waals surface area (Å²) < 4.78 is 5.48. The lowest BCUT2D eigenvalue weighted by atomic mass is 10.0. The molecule has 0 aromatic heterocycles. The fourth-order valence-electron chi connectivity index (χ4n) is 1.88. The lowest BCUT2D eigenvalue weighted by molar-refractivity contribution is -0.148. The van der Waals surface area contributed by atoms with E-state index in [1.165, 1.54) is 38.5 Å². The zero-order valence-electron chi connectivity index (χ0n) is 11.8. The number of hydrogen-bond donors (Lipinski definition) is 1. The van der Waals surface area contributed by atoms with Crippen LogP contribution >= 0.6 is 0 Å². The van der Waals surface area contributed by atoms with Crippen LogP contribution in [0.4, 0.5) is 0 Å². The first-order valence-electron chi connectivity index (χ1n) is 7.08. The Balaban J connectivity index is 3.86. The molecule has 17 heavy (non-hydrogen) atoms. The topological polar surface area (TPSA) is 38.3 Å². The molecule has 0 fully saturated rings. The molecule has 3 heteroatoms. The van der Waals surface area contributed by atoms with E-state index in [-0.39, 0.29) is 12.1 Å². The van der Waals surface area contributed by atoms with E-state index in [2.05, 4.69) is 19.2 Å². The van der Waals surface area contributed by atoms with Crippen LogP contribution in [0, 0.1) is 0 Å². The molecule has 102 valence electrons. The molecule has 1 N–H and O–H groups in total. The summed E-state index contributed by atoms with van der Waals surface area (Å²) in [4.78, 5) is 11.4. The fraction of sp³-hybridized carbons (Fsp3) is 0.929. The molecule has 0 amide bonds. The highest BCUT2D eigenvalue weighted by atomic mass is 16.5. The van der Waals surface area contributed by atoms with Gasteiger partial charge in [0.05, 0.1) is 6.54 Å². The van der Waals surface area contributed by atoms with E-state index in [9.17, 15) is 4.79 Å². The zero-order chi connectivity index (χ0) is 12.9. The van der Waals surface area contributed by atoms with Crippen molar-refractivity contribution in [3.63, 3.8) is 0 Å². The first-order chi connectivity index (χ1) is 8.24. The van der Waals surface area contributed by atoms with Gasteiger partial charge in [-0.15, -0.1) is 0 Å². The van der Waals surface area contributed by atoms with Crippen molar-refractivity contribution < 1.29 is 9.53 Å². The largest absolute Gasteiger partial charge is 0.461 e. The molecule has 0 saturated heterocycles. The Morgan fingerprint density at radius 3 is 2.00 bits per heavy atom. The molecule has 0 aromatic rings. The third kappa shape index (κ3) is 10.3. The molecule has 0 aliphatic carbocycles. The van der Waals surface area contributed by atoms with Crippen LogP contribution < -0.4 is 5.32 Å². The Bertz CT molecular complexity index is 173. The van der Waals surface area contributed by atoms with E-state index in [1.54, 1.807) is 7.05 Å². The quantitative estimate of drug-likeness (QED) is 0.447. The molecule has 0 aliphatic heterocycles. The maximum atomic E-state index is 11.4. The summed E-state index contributed by atoms with van der Waals surface area (Å²) in [6, 6.07) is 0. The third-order valence-corrected chi connectivity index (χ3v) is 2.88. The average molecular weight is 243 g/mol. The van der Waals surface area contributed by atoms with Crippen molar-refractivity contribution in [3.05, 3.63) is 0 Å². The van der Waals surface area contributed by atoms with Gasteiger partial charge in [0.2, 0.25) is 0 Å². The van der Waals surface area contributed by atoms with Crippen LogP contribution in [0.5, 0.6) is 0 Å². The van der Waals surface area contributed by atoms with Gasteiger partial charge in [0.25, 0.3) is 0 Å². The van der Waals surface area contributed by atoms with Crippen LogP contribution in [0.1, 0.15) is 65.2 Å². The number of esters is 1. The lowest BCUT2D eigenvalue weighted by Crippen LogP contribution is -2.26. The van der Waals surface area contributed by atoms with E-state index in [0.717, 1.165) is 12.8 Å². The molecule has 3 nitrogen and oxygen atoms in total. The summed E-state index contributed by atoms with van der Waals surface area (Å²) in [6.07, 6.45) is 9.40. The monoisotopic (exact) mass is 243 g/mol. The molecule has 0 unspecified atom stereocenters. The Labute approximate surface area is 106 Å². The fourth-order valence-corrected chi connectivity index (χ4v) is 1.88. The number of unbranched alkanes of at least 4 members (excludes halogenated alkanes) is 4. The van der Waals surface area contributed by atoms with Crippen LogP contribution in [0.25, 0.3) is 0 Å². The summed E-state index contributed by atoms with van der Waals surface area (Å²) in [5.41, 5.74) is 0. The van der Waals surface area contributed by atoms with Crippen molar-refractivity contribution in [2.75, 3.05) is 13.6 Å². The minimum absolute atomic E-state index is 0.120. The zero-order valence-corrected chi connectivity index (χ0v) is 11.8. The number of rotatable bonds is 11. The molecule has 0 atom stereocenters. The highest BCUT2D eigenvalue weighted by molar-refractivity contribution is 5.71. The Morgan fingerprint density at radius 2 is 1.59 bits per heavy atom. The first kappa shape index (κ1) is 16.4. The first-order valence-corrected chi connectivity index (χ1v) is 7.08. The SMILES string of the molecule is CCCCCC(CCCCC)OC(=O)CNC. The average Bonchev–Trinajstić information content (AvgIpc) is 2.29. The van der Waals surface area contributed by atoms with Gasteiger partial charge in [0.1, 0.15) is 6.10 Å². The second kappa shape index (κ2) is 11.9. The Kier molecular flexibility index (Phi) is 11.5. The number of nitrogens with one attached hydrogen (secondary N) is 1. The second-order valence-electron chi connectivity index (χ2n) is 4.63. The molecular formula is C14H29NO2. The smallest absolute Gasteiger partial charge is 0.320 e. The van der Waals surface area contributed by atoms with Crippen LogP contribution in [-0.2, 0) is 9.53 Å². The van der Waals surface area contributed by atoms with E-state index in [4.69, 9.17) is 4.74 Å². The van der Waals surface area contributed by atoms with Gasteiger partial charge in [-0.05, 0) is 32.7 Å². The molecule has 0 rings (SSSR count). The van der Waals surface area contributed by atoms with Crippen LogP contribution in [-0.4, -0.2) is 25.7 Å². The van der Waals surface area contributed by atoms with Crippen molar-refractivity contribution in [1.29, 1.82) is 0 Å². The molecule has 0 saturated carbocycles. The molecule has 0 heterocycles. The van der Waals surface area contributed by atoms with Gasteiger partial charge in [-0.1, -0.05) is 39.5 Å². The van der Waals surface area contributed by atoms with Crippen molar-refractivity contribution in [1.82, 2.24) is 5.32 Å². The predicted octanol–water partition coefficient (Wildman–Crippen LogP) is 3.28. The number of likely N-dealkylation sites (N-methyl/N-ethyl adjacent to an activating group) is 1. The molecular weight excluding hydrogens is 214 g/mol. The van der Waals surface area contributed by atoms with Crippen molar-refractivity contribution in [3.8, 4) is 0 Å². The minimum atomic E-state index is -0.120. The van der Waals surface area contributed by atoms with Crippen LogP contribution in [0.3, 0.4) is 0 Å². The Morgan fingerprint density at radius 1 is 1.06 bits per heavy atom. The molecule has 0 aliphatic rings. The van der Waals surface area contributed by atoms with Crippen molar-refractivity contribution in [2.45, 2.75) is 71.3 Å². The summed E-state index contributed by atoms with van der Waals surface area (Å²) in [6.45, 7) is 4.70.